The molecule has 0 amide bonds. The van der Waals surface area contributed by atoms with Gasteiger partial charge in [-0.3, -0.25) is 0 Å². The normalized spacial score (nSPS) is 12.2. The van der Waals surface area contributed by atoms with Crippen molar-refractivity contribution in [2.75, 3.05) is 6.61 Å². The molecule has 2 aromatic rings. The van der Waals surface area contributed by atoms with E-state index in [0.717, 1.165) is 12.0 Å². The Labute approximate surface area is 142 Å². The Morgan fingerprint density at radius 1 is 1.21 bits per heavy atom. The van der Waals surface area contributed by atoms with Crippen molar-refractivity contribution in [2.24, 2.45) is 0 Å². The highest BCUT2D eigenvalue weighted by Crippen LogP contribution is 2.23. The van der Waals surface area contributed by atoms with Gasteiger partial charge in [0, 0.05) is 11.5 Å². The second-order valence-corrected chi connectivity index (χ2v) is 5.78. The molecule has 1 heterocycles. The number of hydrogen-bond acceptors (Lipinski definition) is 6. The van der Waals surface area contributed by atoms with Crippen molar-refractivity contribution in [2.45, 2.75) is 52.6 Å². The molecule has 0 radical (unpaired) electrons. The zero-order valence-corrected chi connectivity index (χ0v) is 14.6. The molecule has 1 aromatic heterocycles. The van der Waals surface area contributed by atoms with Gasteiger partial charge in [0.05, 0.1) is 6.61 Å². The highest BCUT2D eigenvalue weighted by Gasteiger charge is 2.21. The van der Waals surface area contributed by atoms with Gasteiger partial charge in [-0.05, 0) is 37.6 Å². The van der Waals surface area contributed by atoms with E-state index in [9.17, 15) is 4.79 Å². The number of aromatic nitrogens is 2. The van der Waals surface area contributed by atoms with Crippen LogP contribution in [0, 0.1) is 0 Å². The van der Waals surface area contributed by atoms with Gasteiger partial charge in [0.25, 0.3) is 0 Å². The maximum absolute atomic E-state index is 11.9. The third-order valence-corrected chi connectivity index (χ3v) is 3.43. The fraction of sp³-hybridized carbons (Fsp3) is 0.500. The van der Waals surface area contributed by atoms with Gasteiger partial charge < -0.3 is 14.0 Å². The summed E-state index contributed by atoms with van der Waals surface area (Å²) >= 11 is 0. The predicted molar refractivity (Wildman–Crippen MR) is 89.8 cm³/mol. The number of rotatable bonds is 8. The molecule has 1 aromatic carbocycles. The van der Waals surface area contributed by atoms with Crippen molar-refractivity contribution in [3.8, 4) is 17.1 Å². The molecule has 0 saturated heterocycles. The molecule has 0 aliphatic rings. The van der Waals surface area contributed by atoms with E-state index in [4.69, 9.17) is 14.0 Å². The van der Waals surface area contributed by atoms with Crippen LogP contribution in [0.25, 0.3) is 11.4 Å². The maximum atomic E-state index is 11.9. The second-order valence-electron chi connectivity index (χ2n) is 5.78. The Balaban J connectivity index is 2.08. The first-order valence-corrected chi connectivity index (χ1v) is 8.32. The first kappa shape index (κ1) is 18.0. The van der Waals surface area contributed by atoms with E-state index in [1.807, 2.05) is 32.9 Å². The molecule has 0 aliphatic carbocycles. The van der Waals surface area contributed by atoms with Crippen LogP contribution < -0.4 is 4.74 Å². The lowest BCUT2D eigenvalue weighted by atomic mass is 10.2. The topological polar surface area (TPSA) is 74.5 Å². The van der Waals surface area contributed by atoms with Crippen LogP contribution >= 0.6 is 0 Å². The molecule has 0 fully saturated rings. The highest BCUT2D eigenvalue weighted by molar-refractivity contribution is 5.75. The molecule has 130 valence electrons. The second kappa shape index (κ2) is 8.47. The molecule has 1 unspecified atom stereocenters. The van der Waals surface area contributed by atoms with Crippen LogP contribution in [-0.2, 0) is 9.53 Å². The van der Waals surface area contributed by atoms with Gasteiger partial charge in [0.15, 0.2) is 6.10 Å². The molecule has 6 nitrogen and oxygen atoms in total. The van der Waals surface area contributed by atoms with Crippen molar-refractivity contribution in [1.82, 2.24) is 10.1 Å². The minimum Gasteiger partial charge on any atom is -0.479 e. The predicted octanol–water partition coefficient (Wildman–Crippen LogP) is 3.97. The van der Waals surface area contributed by atoms with Crippen LogP contribution in [0.15, 0.2) is 28.8 Å². The molecule has 0 aliphatic heterocycles. The van der Waals surface area contributed by atoms with E-state index in [-0.39, 0.29) is 11.9 Å². The smallest absolute Gasteiger partial charge is 0.347 e. The van der Waals surface area contributed by atoms with Gasteiger partial charge >= 0.3 is 5.97 Å². The lowest BCUT2D eigenvalue weighted by molar-refractivity contribution is -0.151. The van der Waals surface area contributed by atoms with Gasteiger partial charge in [0.2, 0.25) is 11.7 Å². The monoisotopic (exact) mass is 332 g/mol. The summed E-state index contributed by atoms with van der Waals surface area (Å²) in [7, 11) is 0. The molecule has 0 saturated carbocycles. The van der Waals surface area contributed by atoms with E-state index in [1.54, 1.807) is 19.1 Å². The third kappa shape index (κ3) is 4.57. The molecule has 2 rings (SSSR count). The van der Waals surface area contributed by atoms with Crippen LogP contribution in [0.4, 0.5) is 0 Å². The highest BCUT2D eigenvalue weighted by atomic mass is 16.6. The lowest BCUT2D eigenvalue weighted by Crippen LogP contribution is -2.29. The lowest BCUT2D eigenvalue weighted by Gasteiger charge is -2.17. The van der Waals surface area contributed by atoms with Crippen LogP contribution in [0.5, 0.6) is 5.75 Å². The fourth-order valence-corrected chi connectivity index (χ4v) is 2.16. The molecule has 0 spiro atoms. The van der Waals surface area contributed by atoms with Crippen molar-refractivity contribution >= 4 is 5.97 Å². The van der Waals surface area contributed by atoms with E-state index in [0.29, 0.717) is 30.5 Å². The van der Waals surface area contributed by atoms with Gasteiger partial charge in [-0.15, -0.1) is 0 Å². The summed E-state index contributed by atoms with van der Waals surface area (Å²) in [6.07, 6.45) is 0.865. The first-order chi connectivity index (χ1) is 11.5. The summed E-state index contributed by atoms with van der Waals surface area (Å²) < 4.78 is 16.0. The number of esters is 1. The molecule has 0 bridgehead atoms. The van der Waals surface area contributed by atoms with E-state index < -0.39 is 6.10 Å². The minimum atomic E-state index is -0.585. The van der Waals surface area contributed by atoms with Crippen LogP contribution in [0.1, 0.15) is 52.3 Å². The Morgan fingerprint density at radius 2 is 1.92 bits per heavy atom. The summed E-state index contributed by atoms with van der Waals surface area (Å²) in [6, 6.07) is 7.28. The molecular weight excluding hydrogens is 308 g/mol. The van der Waals surface area contributed by atoms with Crippen molar-refractivity contribution in [3.63, 3.8) is 0 Å². The SMILES string of the molecule is CCCC(Oc1ccc(-c2noc(C(C)C)n2)cc1)C(=O)OCC. The Bertz CT molecular complexity index is 649. The number of carbonyl (C=O) groups excluding carboxylic acids is 1. The summed E-state index contributed by atoms with van der Waals surface area (Å²) in [5, 5.41) is 3.98. The van der Waals surface area contributed by atoms with Gasteiger partial charge in [0.1, 0.15) is 5.75 Å². The number of carbonyl (C=O) groups is 1. The standard InChI is InChI=1S/C18H24N2O4/c1-5-7-15(18(21)22-6-2)23-14-10-8-13(9-11-14)16-19-17(12(3)4)24-20-16/h8-12,15H,5-7H2,1-4H3. The van der Waals surface area contributed by atoms with Crippen molar-refractivity contribution in [3.05, 3.63) is 30.2 Å². The van der Waals surface area contributed by atoms with E-state index in [1.165, 1.54) is 0 Å². The fourth-order valence-electron chi connectivity index (χ4n) is 2.16. The average molecular weight is 332 g/mol. The Hall–Kier alpha value is -2.37. The minimum absolute atomic E-state index is 0.188. The van der Waals surface area contributed by atoms with Gasteiger partial charge in [-0.2, -0.15) is 4.98 Å². The van der Waals surface area contributed by atoms with Crippen LogP contribution in [-0.4, -0.2) is 28.8 Å². The van der Waals surface area contributed by atoms with Crippen molar-refractivity contribution in [1.29, 1.82) is 0 Å². The molecular formula is C18H24N2O4. The number of ether oxygens (including phenoxy) is 2. The van der Waals surface area contributed by atoms with Crippen LogP contribution in [0.3, 0.4) is 0 Å². The summed E-state index contributed by atoms with van der Waals surface area (Å²) in [5.41, 5.74) is 0.834. The van der Waals surface area contributed by atoms with E-state index >= 15 is 0 Å². The van der Waals surface area contributed by atoms with Gasteiger partial charge in [-0.1, -0.05) is 32.3 Å². The number of hydrogen-bond donors (Lipinski definition) is 0. The largest absolute Gasteiger partial charge is 0.479 e. The third-order valence-electron chi connectivity index (χ3n) is 3.43. The summed E-state index contributed by atoms with van der Waals surface area (Å²) in [6.45, 7) is 8.12. The van der Waals surface area contributed by atoms with Gasteiger partial charge in [-0.25, -0.2) is 4.79 Å². The van der Waals surface area contributed by atoms with Crippen LogP contribution in [0.2, 0.25) is 0 Å². The number of nitrogens with zero attached hydrogens (tertiary/aromatic N) is 2. The zero-order valence-electron chi connectivity index (χ0n) is 14.6. The average Bonchev–Trinajstić information content (AvgIpc) is 3.05. The quantitative estimate of drug-likeness (QED) is 0.681. The Morgan fingerprint density at radius 3 is 2.46 bits per heavy atom. The maximum Gasteiger partial charge on any atom is 0.347 e. The Kier molecular flexibility index (Phi) is 6.35. The summed E-state index contributed by atoms with van der Waals surface area (Å²) in [5.74, 6) is 1.62. The molecule has 6 heteroatoms. The molecule has 24 heavy (non-hydrogen) atoms. The van der Waals surface area contributed by atoms with E-state index in [2.05, 4.69) is 10.1 Å². The summed E-state index contributed by atoms with van der Waals surface area (Å²) in [4.78, 5) is 16.3. The van der Waals surface area contributed by atoms with Crippen molar-refractivity contribution < 1.29 is 18.8 Å². The first-order valence-electron chi connectivity index (χ1n) is 8.32. The molecule has 0 N–H and O–H groups in total. The number of benzene rings is 1. The zero-order chi connectivity index (χ0) is 17.5. The molecule has 1 atom stereocenters.